The van der Waals surface area contributed by atoms with Gasteiger partial charge in [0, 0.05) is 11.1 Å². The molecule has 6 aromatic rings. The van der Waals surface area contributed by atoms with Crippen LogP contribution < -0.4 is 4.74 Å². The molecule has 0 aliphatic carbocycles. The topological polar surface area (TPSA) is 29.5 Å². The van der Waals surface area contributed by atoms with Crippen molar-refractivity contribution in [2.75, 3.05) is 0 Å². The van der Waals surface area contributed by atoms with Crippen molar-refractivity contribution in [1.29, 1.82) is 0 Å². The summed E-state index contributed by atoms with van der Waals surface area (Å²) in [5.74, 6) is 2.00. The van der Waals surface area contributed by atoms with E-state index in [1.807, 2.05) is 30.3 Å². The molecule has 0 amide bonds. The maximum Gasteiger partial charge on any atom is 0.132 e. The molecule has 1 aliphatic rings. The number of ether oxygens (including phenoxy) is 1. The lowest BCUT2D eigenvalue weighted by atomic mass is 9.66. The van der Waals surface area contributed by atoms with E-state index in [0.29, 0.717) is 0 Å². The summed E-state index contributed by atoms with van der Waals surface area (Å²) in [5.41, 5.74) is 5.40. The summed E-state index contributed by atoms with van der Waals surface area (Å²) in [6.07, 6.45) is 0. The average Bonchev–Trinajstić information content (AvgIpc) is 2.93. The first kappa shape index (κ1) is 20.8. The molecule has 0 bridgehead atoms. The van der Waals surface area contributed by atoms with E-state index >= 15 is 0 Å². The van der Waals surface area contributed by atoms with Gasteiger partial charge < -0.3 is 9.84 Å². The Balaban J connectivity index is 1.56. The minimum Gasteiger partial charge on any atom is -0.508 e. The molecule has 2 nitrogen and oxygen atoms in total. The van der Waals surface area contributed by atoms with Crippen LogP contribution in [0.2, 0.25) is 0 Å². The van der Waals surface area contributed by atoms with Crippen LogP contribution in [-0.4, -0.2) is 5.11 Å². The molecule has 6 aromatic carbocycles. The monoisotopic (exact) mass is 464 g/mol. The fourth-order valence-electron chi connectivity index (χ4n) is 5.91. The van der Waals surface area contributed by atoms with Crippen molar-refractivity contribution in [3.05, 3.63) is 138 Å². The molecule has 0 saturated carbocycles. The highest BCUT2D eigenvalue weighted by Crippen LogP contribution is 2.56. The zero-order chi connectivity index (χ0) is 24.3. The van der Waals surface area contributed by atoms with Crippen LogP contribution in [0.1, 0.15) is 23.6 Å². The number of fused-ring (bicyclic) bond motifs is 6. The summed E-state index contributed by atoms with van der Waals surface area (Å²) >= 11 is 0. The quantitative estimate of drug-likeness (QED) is 0.277. The maximum atomic E-state index is 10.2. The first-order valence-electron chi connectivity index (χ1n) is 12.3. The lowest BCUT2D eigenvalue weighted by Crippen LogP contribution is -2.30. The van der Waals surface area contributed by atoms with Crippen molar-refractivity contribution < 1.29 is 9.84 Å². The Bertz CT molecular complexity index is 1770. The van der Waals surface area contributed by atoms with Crippen molar-refractivity contribution in [2.45, 2.75) is 12.3 Å². The first-order valence-corrected chi connectivity index (χ1v) is 12.3. The van der Waals surface area contributed by atoms with Crippen LogP contribution in [0.4, 0.5) is 0 Å². The van der Waals surface area contributed by atoms with E-state index in [4.69, 9.17) is 4.74 Å². The number of rotatable bonds is 2. The van der Waals surface area contributed by atoms with E-state index in [-0.39, 0.29) is 5.75 Å². The summed E-state index contributed by atoms with van der Waals surface area (Å²) in [6, 6.07) is 41.8. The Kier molecular flexibility index (Phi) is 4.46. The molecule has 0 radical (unpaired) electrons. The summed E-state index contributed by atoms with van der Waals surface area (Å²) in [6.45, 7) is 2.31. The SMILES string of the molecule is CC1(c2ccc(-c3ccccc3)cc2)c2c(ccc3ccccc23)Oc2ccc3cc(O)ccc3c21. The van der Waals surface area contributed by atoms with E-state index in [0.717, 1.165) is 27.8 Å². The van der Waals surface area contributed by atoms with Crippen LogP contribution in [0, 0.1) is 0 Å². The second-order valence-electron chi connectivity index (χ2n) is 9.67. The van der Waals surface area contributed by atoms with Crippen LogP contribution in [0.25, 0.3) is 32.7 Å². The Morgan fingerprint density at radius 3 is 1.92 bits per heavy atom. The highest BCUT2D eigenvalue weighted by Gasteiger charge is 2.42. The Hall–Kier alpha value is -4.56. The molecule has 1 atom stereocenters. The van der Waals surface area contributed by atoms with Crippen molar-refractivity contribution in [3.8, 4) is 28.4 Å². The molecule has 7 rings (SSSR count). The Labute approximate surface area is 210 Å². The van der Waals surface area contributed by atoms with Gasteiger partial charge in [0.15, 0.2) is 0 Å². The third-order valence-corrected chi connectivity index (χ3v) is 7.65. The van der Waals surface area contributed by atoms with E-state index in [2.05, 4.69) is 91.9 Å². The van der Waals surface area contributed by atoms with Gasteiger partial charge in [0.2, 0.25) is 0 Å². The molecule has 1 aliphatic heterocycles. The van der Waals surface area contributed by atoms with Gasteiger partial charge in [-0.25, -0.2) is 0 Å². The Morgan fingerprint density at radius 1 is 0.556 bits per heavy atom. The molecule has 0 spiro atoms. The minimum atomic E-state index is -0.477. The van der Waals surface area contributed by atoms with Crippen molar-refractivity contribution >= 4 is 21.5 Å². The maximum absolute atomic E-state index is 10.2. The number of hydrogen-bond acceptors (Lipinski definition) is 2. The first-order chi connectivity index (χ1) is 17.6. The largest absolute Gasteiger partial charge is 0.508 e. The van der Waals surface area contributed by atoms with Gasteiger partial charge in [0.05, 0.1) is 5.41 Å². The number of phenols is 1. The lowest BCUT2D eigenvalue weighted by Gasteiger charge is -2.40. The fraction of sp³-hybridized carbons (Fsp3) is 0.0588. The van der Waals surface area contributed by atoms with Gasteiger partial charge in [-0.05, 0) is 69.4 Å². The highest BCUT2D eigenvalue weighted by molar-refractivity contribution is 5.96. The summed E-state index contributed by atoms with van der Waals surface area (Å²) in [5, 5.41) is 14.6. The van der Waals surface area contributed by atoms with Gasteiger partial charge in [0.25, 0.3) is 0 Å². The third kappa shape index (κ3) is 2.98. The predicted molar refractivity (Wildman–Crippen MR) is 147 cm³/mol. The molecule has 172 valence electrons. The number of benzene rings is 6. The standard InChI is InChI=1S/C34H24O2/c1-34(26-15-11-23(12-16-26)22-7-3-2-4-8-22)32-28-10-6-5-9-24(28)13-19-30(32)36-31-20-14-25-21-27(35)17-18-29(25)33(31)34/h2-21,35H,1H3. The van der Waals surface area contributed by atoms with Crippen LogP contribution in [0.5, 0.6) is 17.2 Å². The summed E-state index contributed by atoms with van der Waals surface area (Å²) < 4.78 is 6.57. The van der Waals surface area contributed by atoms with Gasteiger partial charge in [-0.15, -0.1) is 0 Å². The normalized spacial score (nSPS) is 16.4. The summed E-state index contributed by atoms with van der Waals surface area (Å²) in [4.78, 5) is 0. The zero-order valence-corrected chi connectivity index (χ0v) is 19.9. The van der Waals surface area contributed by atoms with Gasteiger partial charge in [-0.2, -0.15) is 0 Å². The predicted octanol–water partition coefficient (Wildman–Crippen LogP) is 8.83. The number of hydrogen-bond donors (Lipinski definition) is 1. The molecular weight excluding hydrogens is 440 g/mol. The van der Waals surface area contributed by atoms with Crippen molar-refractivity contribution in [3.63, 3.8) is 0 Å². The molecule has 0 saturated heterocycles. The van der Waals surface area contributed by atoms with Gasteiger partial charge in [-0.1, -0.05) is 97.1 Å². The van der Waals surface area contributed by atoms with Crippen LogP contribution in [0.3, 0.4) is 0 Å². The van der Waals surface area contributed by atoms with E-state index in [1.165, 1.54) is 33.0 Å². The van der Waals surface area contributed by atoms with Crippen molar-refractivity contribution in [1.82, 2.24) is 0 Å². The van der Waals surface area contributed by atoms with E-state index < -0.39 is 5.41 Å². The number of aromatic hydroxyl groups is 1. The van der Waals surface area contributed by atoms with Crippen LogP contribution >= 0.6 is 0 Å². The Morgan fingerprint density at radius 2 is 1.17 bits per heavy atom. The van der Waals surface area contributed by atoms with Crippen LogP contribution in [0.15, 0.2) is 121 Å². The molecule has 36 heavy (non-hydrogen) atoms. The second-order valence-corrected chi connectivity index (χ2v) is 9.67. The molecule has 1 N–H and O–H groups in total. The van der Waals surface area contributed by atoms with E-state index in [9.17, 15) is 5.11 Å². The van der Waals surface area contributed by atoms with Crippen molar-refractivity contribution in [2.24, 2.45) is 0 Å². The van der Waals surface area contributed by atoms with Gasteiger partial charge in [0.1, 0.15) is 17.2 Å². The molecule has 2 heteroatoms. The third-order valence-electron chi connectivity index (χ3n) is 7.65. The lowest BCUT2D eigenvalue weighted by molar-refractivity contribution is 0.432. The summed E-state index contributed by atoms with van der Waals surface area (Å²) in [7, 11) is 0. The molecule has 1 heterocycles. The van der Waals surface area contributed by atoms with Gasteiger partial charge >= 0.3 is 0 Å². The molecule has 0 fully saturated rings. The van der Waals surface area contributed by atoms with Crippen LogP contribution in [-0.2, 0) is 5.41 Å². The number of phenolic OH excluding ortho intramolecular Hbond substituents is 1. The molecular formula is C34H24O2. The average molecular weight is 465 g/mol. The smallest absolute Gasteiger partial charge is 0.132 e. The second kappa shape index (κ2) is 7.73. The fourth-order valence-corrected chi connectivity index (χ4v) is 5.91. The van der Waals surface area contributed by atoms with Gasteiger partial charge in [-0.3, -0.25) is 0 Å². The zero-order valence-electron chi connectivity index (χ0n) is 19.9. The minimum absolute atomic E-state index is 0.263. The van der Waals surface area contributed by atoms with E-state index in [1.54, 1.807) is 6.07 Å². The molecule has 1 unspecified atom stereocenters. The molecule has 0 aromatic heterocycles. The highest BCUT2D eigenvalue weighted by atomic mass is 16.5.